The highest BCUT2D eigenvalue weighted by atomic mass is 16.1. The Morgan fingerprint density at radius 3 is 2.85 bits per heavy atom. The Morgan fingerprint density at radius 1 is 1.46 bits per heavy atom. The van der Waals surface area contributed by atoms with Gasteiger partial charge in [0.1, 0.15) is 5.82 Å². The van der Waals surface area contributed by atoms with E-state index in [1.807, 2.05) is 13.8 Å². The number of fused-ring (bicyclic) bond motifs is 1. The van der Waals surface area contributed by atoms with Crippen LogP contribution in [0.4, 0.5) is 5.82 Å². The van der Waals surface area contributed by atoms with Crippen LogP contribution in [0.2, 0.25) is 0 Å². The summed E-state index contributed by atoms with van der Waals surface area (Å²) in [6, 6.07) is 0. The number of carbonyl (C=O) groups excluding carboxylic acids is 1. The maximum atomic E-state index is 11.4. The quantitative estimate of drug-likeness (QED) is 0.607. The molecule has 0 saturated heterocycles. The number of amides is 1. The fourth-order valence-electron chi connectivity index (χ4n) is 1.61. The van der Waals surface area contributed by atoms with Gasteiger partial charge in [-0.1, -0.05) is 0 Å². The predicted molar refractivity (Wildman–Crippen MR) is 49.3 cm³/mol. The summed E-state index contributed by atoms with van der Waals surface area (Å²) in [5.41, 5.74) is 9.01. The van der Waals surface area contributed by atoms with E-state index in [4.69, 9.17) is 5.73 Å². The summed E-state index contributed by atoms with van der Waals surface area (Å²) in [5, 5.41) is 2.73. The zero-order chi connectivity index (χ0) is 9.59. The average molecular weight is 177 g/mol. The Labute approximate surface area is 76.2 Å². The summed E-state index contributed by atoms with van der Waals surface area (Å²) in [5.74, 6) is 0.432. The molecule has 0 fully saturated rings. The number of nitrogen functional groups attached to an aromatic ring is 1. The zero-order valence-electron chi connectivity index (χ0n) is 7.64. The van der Waals surface area contributed by atoms with E-state index in [1.165, 1.54) is 0 Å². The summed E-state index contributed by atoms with van der Waals surface area (Å²) in [7, 11) is 0. The van der Waals surface area contributed by atoms with Crippen molar-refractivity contribution in [2.45, 2.75) is 20.4 Å². The molecule has 2 heterocycles. The van der Waals surface area contributed by atoms with E-state index in [1.54, 1.807) is 0 Å². The number of aryl methyl sites for hydroxylation is 1. The van der Waals surface area contributed by atoms with Crippen LogP contribution >= 0.6 is 0 Å². The Balaban J connectivity index is 2.77. The van der Waals surface area contributed by atoms with Gasteiger partial charge in [0, 0.05) is 17.8 Å². The molecule has 68 valence electrons. The first kappa shape index (κ1) is 8.04. The van der Waals surface area contributed by atoms with Crippen LogP contribution in [0.15, 0.2) is 0 Å². The van der Waals surface area contributed by atoms with Gasteiger partial charge < -0.3 is 11.1 Å². The Bertz CT molecular complexity index is 398. The largest absolute Gasteiger partial charge is 0.383 e. The third kappa shape index (κ3) is 0.983. The lowest BCUT2D eigenvalue weighted by atomic mass is 10.0. The van der Waals surface area contributed by atoms with E-state index in [0.717, 1.165) is 16.8 Å². The Hall–Kier alpha value is -1.58. The summed E-state index contributed by atoms with van der Waals surface area (Å²) in [6.07, 6.45) is 0. The molecule has 0 aromatic carbocycles. The molecular formula is C9H11N3O. The highest BCUT2D eigenvalue weighted by Crippen LogP contribution is 2.25. The van der Waals surface area contributed by atoms with Crippen molar-refractivity contribution in [2.75, 3.05) is 5.73 Å². The number of nitrogens with two attached hydrogens (primary N) is 1. The van der Waals surface area contributed by atoms with Crippen LogP contribution in [-0.2, 0) is 6.54 Å². The monoisotopic (exact) mass is 177 g/mol. The number of nitrogens with zero attached hydrogens (tertiary/aromatic N) is 1. The molecular weight excluding hydrogens is 166 g/mol. The molecule has 2 rings (SSSR count). The molecule has 0 aliphatic carbocycles. The van der Waals surface area contributed by atoms with Crippen molar-refractivity contribution in [1.29, 1.82) is 0 Å². The number of hydrogen-bond acceptors (Lipinski definition) is 3. The molecule has 4 nitrogen and oxygen atoms in total. The topological polar surface area (TPSA) is 68.0 Å². The van der Waals surface area contributed by atoms with E-state index in [0.29, 0.717) is 17.9 Å². The number of pyridine rings is 1. The number of aromatic nitrogens is 1. The number of nitrogens with one attached hydrogen (secondary N) is 1. The minimum Gasteiger partial charge on any atom is -0.383 e. The van der Waals surface area contributed by atoms with E-state index in [-0.39, 0.29) is 5.91 Å². The number of carbonyl (C=O) groups is 1. The van der Waals surface area contributed by atoms with Crippen molar-refractivity contribution in [3.63, 3.8) is 0 Å². The molecule has 0 saturated carbocycles. The van der Waals surface area contributed by atoms with Crippen LogP contribution < -0.4 is 11.1 Å². The molecule has 0 atom stereocenters. The summed E-state index contributed by atoms with van der Waals surface area (Å²) in [4.78, 5) is 15.6. The van der Waals surface area contributed by atoms with Gasteiger partial charge in [-0.2, -0.15) is 0 Å². The van der Waals surface area contributed by atoms with Gasteiger partial charge in [-0.25, -0.2) is 4.98 Å². The lowest BCUT2D eigenvalue weighted by molar-refractivity contribution is 0.0965. The summed E-state index contributed by atoms with van der Waals surface area (Å²) < 4.78 is 0. The van der Waals surface area contributed by atoms with Crippen LogP contribution in [0.25, 0.3) is 0 Å². The molecule has 13 heavy (non-hydrogen) atoms. The van der Waals surface area contributed by atoms with Crippen LogP contribution in [-0.4, -0.2) is 10.9 Å². The molecule has 1 aliphatic rings. The first-order valence-electron chi connectivity index (χ1n) is 4.15. The summed E-state index contributed by atoms with van der Waals surface area (Å²) in [6.45, 7) is 4.26. The first-order chi connectivity index (χ1) is 6.11. The zero-order valence-corrected chi connectivity index (χ0v) is 7.64. The molecule has 1 aliphatic heterocycles. The smallest absolute Gasteiger partial charge is 0.252 e. The first-order valence-corrected chi connectivity index (χ1v) is 4.15. The minimum absolute atomic E-state index is 0.0373. The lowest BCUT2D eigenvalue weighted by Gasteiger charge is -2.06. The summed E-state index contributed by atoms with van der Waals surface area (Å²) >= 11 is 0. The van der Waals surface area contributed by atoms with Crippen LogP contribution in [0.3, 0.4) is 0 Å². The molecule has 1 aromatic heterocycles. The lowest BCUT2D eigenvalue weighted by Crippen LogP contribution is -2.13. The fourth-order valence-corrected chi connectivity index (χ4v) is 1.61. The second-order valence-corrected chi connectivity index (χ2v) is 3.24. The van der Waals surface area contributed by atoms with E-state index in [9.17, 15) is 4.79 Å². The van der Waals surface area contributed by atoms with Crippen LogP contribution in [0, 0.1) is 13.8 Å². The second-order valence-electron chi connectivity index (χ2n) is 3.24. The number of rotatable bonds is 0. The van der Waals surface area contributed by atoms with Crippen molar-refractivity contribution >= 4 is 11.7 Å². The molecule has 4 heteroatoms. The Morgan fingerprint density at radius 2 is 2.15 bits per heavy atom. The fraction of sp³-hybridized carbons (Fsp3) is 0.333. The Kier molecular flexibility index (Phi) is 1.52. The highest BCUT2D eigenvalue weighted by molar-refractivity contribution is 6.01. The van der Waals surface area contributed by atoms with Crippen molar-refractivity contribution < 1.29 is 4.79 Å². The van der Waals surface area contributed by atoms with Crippen molar-refractivity contribution in [2.24, 2.45) is 0 Å². The van der Waals surface area contributed by atoms with Gasteiger partial charge in [0.05, 0.1) is 5.56 Å². The highest BCUT2D eigenvalue weighted by Gasteiger charge is 2.24. The maximum absolute atomic E-state index is 11.4. The number of hydrogen-bond donors (Lipinski definition) is 2. The van der Waals surface area contributed by atoms with Crippen molar-refractivity contribution in [3.8, 4) is 0 Å². The van der Waals surface area contributed by atoms with Gasteiger partial charge in [-0.3, -0.25) is 4.79 Å². The molecule has 0 spiro atoms. The standard InChI is InChI=1S/C9H11N3O/c1-4-5(2)12-8(10)6-3-11-9(13)7(4)6/h3H2,1-2H3,(H2,10,12)(H,11,13). The average Bonchev–Trinajstić information content (AvgIpc) is 2.44. The van der Waals surface area contributed by atoms with Gasteiger partial charge in [0.2, 0.25) is 0 Å². The van der Waals surface area contributed by atoms with Crippen LogP contribution in [0.1, 0.15) is 27.2 Å². The molecule has 0 bridgehead atoms. The molecule has 1 aromatic rings. The second kappa shape index (κ2) is 2.45. The van der Waals surface area contributed by atoms with Crippen molar-refractivity contribution in [1.82, 2.24) is 10.3 Å². The van der Waals surface area contributed by atoms with Gasteiger partial charge in [-0.05, 0) is 19.4 Å². The SMILES string of the molecule is Cc1nc(N)c2c(c1C)C(=O)NC2. The molecule has 1 amide bonds. The maximum Gasteiger partial charge on any atom is 0.252 e. The minimum atomic E-state index is -0.0373. The molecule has 0 radical (unpaired) electrons. The normalized spacial score (nSPS) is 14.2. The predicted octanol–water partition coefficient (Wildman–Crippen LogP) is 0.524. The molecule has 0 unspecified atom stereocenters. The van der Waals surface area contributed by atoms with E-state index in [2.05, 4.69) is 10.3 Å². The van der Waals surface area contributed by atoms with Gasteiger partial charge in [0.25, 0.3) is 5.91 Å². The molecule has 3 N–H and O–H groups in total. The van der Waals surface area contributed by atoms with Gasteiger partial charge >= 0.3 is 0 Å². The van der Waals surface area contributed by atoms with Crippen molar-refractivity contribution in [3.05, 3.63) is 22.4 Å². The third-order valence-electron chi connectivity index (χ3n) is 2.47. The van der Waals surface area contributed by atoms with E-state index < -0.39 is 0 Å². The third-order valence-corrected chi connectivity index (χ3v) is 2.47. The van der Waals surface area contributed by atoms with Crippen LogP contribution in [0.5, 0.6) is 0 Å². The van der Waals surface area contributed by atoms with E-state index >= 15 is 0 Å². The van der Waals surface area contributed by atoms with Gasteiger partial charge in [-0.15, -0.1) is 0 Å². The van der Waals surface area contributed by atoms with Gasteiger partial charge in [0.15, 0.2) is 0 Å². The number of anilines is 1.